The minimum Gasteiger partial charge on any atom is -0.347 e. The summed E-state index contributed by atoms with van der Waals surface area (Å²) in [5, 5.41) is 3.15. The van der Waals surface area contributed by atoms with Crippen LogP contribution >= 0.6 is 0 Å². The number of benzene rings is 2. The van der Waals surface area contributed by atoms with E-state index >= 15 is 0 Å². The first-order valence-electron chi connectivity index (χ1n) is 10.4. The highest BCUT2D eigenvalue weighted by molar-refractivity contribution is 5.94. The predicted molar refractivity (Wildman–Crippen MR) is 114 cm³/mol. The maximum Gasteiger partial charge on any atom is 0.253 e. The van der Waals surface area contributed by atoms with Crippen molar-refractivity contribution < 1.29 is 14.4 Å². The predicted octanol–water partition coefficient (Wildman–Crippen LogP) is 2.63. The summed E-state index contributed by atoms with van der Waals surface area (Å²) in [6.07, 6.45) is 0.711. The van der Waals surface area contributed by atoms with E-state index in [1.165, 1.54) is 6.92 Å². The molecule has 2 aliphatic rings. The molecule has 0 radical (unpaired) electrons. The number of nitrogens with one attached hydrogen (secondary N) is 1. The zero-order valence-electron chi connectivity index (χ0n) is 17.4. The standard InChI is InChI=1S/C24H27N3O3/c1-17(28)25-24-15-26(23(30)20-11-7-4-8-12-20)14-13-21(24)22(27(16-24)18(2)29)19-9-5-3-6-10-19/h3-12,21-22H,13-16H2,1-2H3,(H,25,28)/t21-,22-,24-/m1/s1. The molecule has 6 nitrogen and oxygen atoms in total. The Balaban J connectivity index is 1.70. The van der Waals surface area contributed by atoms with E-state index in [1.54, 1.807) is 6.92 Å². The van der Waals surface area contributed by atoms with Crippen molar-refractivity contribution in [3.63, 3.8) is 0 Å². The molecule has 0 bridgehead atoms. The first-order valence-corrected chi connectivity index (χ1v) is 10.4. The monoisotopic (exact) mass is 405 g/mol. The molecule has 156 valence electrons. The summed E-state index contributed by atoms with van der Waals surface area (Å²) in [7, 11) is 0. The summed E-state index contributed by atoms with van der Waals surface area (Å²) in [6, 6.07) is 19.0. The smallest absolute Gasteiger partial charge is 0.253 e. The third-order valence-electron chi connectivity index (χ3n) is 6.34. The van der Waals surface area contributed by atoms with Crippen LogP contribution in [0.1, 0.15) is 42.2 Å². The molecule has 2 heterocycles. The van der Waals surface area contributed by atoms with Crippen molar-refractivity contribution in [1.29, 1.82) is 0 Å². The van der Waals surface area contributed by atoms with Gasteiger partial charge in [-0.3, -0.25) is 14.4 Å². The molecule has 2 fully saturated rings. The molecular formula is C24H27N3O3. The van der Waals surface area contributed by atoms with Crippen molar-refractivity contribution >= 4 is 17.7 Å². The zero-order valence-corrected chi connectivity index (χ0v) is 17.4. The van der Waals surface area contributed by atoms with E-state index < -0.39 is 5.54 Å². The number of carbonyl (C=O) groups is 3. The van der Waals surface area contributed by atoms with Gasteiger partial charge in [-0.05, 0) is 24.1 Å². The van der Waals surface area contributed by atoms with Gasteiger partial charge in [-0.2, -0.15) is 0 Å². The lowest BCUT2D eigenvalue weighted by atomic mass is 9.75. The molecule has 4 rings (SSSR count). The fourth-order valence-corrected chi connectivity index (χ4v) is 5.18. The molecule has 0 spiro atoms. The summed E-state index contributed by atoms with van der Waals surface area (Å²) >= 11 is 0. The Morgan fingerprint density at radius 3 is 2.17 bits per heavy atom. The second-order valence-corrected chi connectivity index (χ2v) is 8.33. The van der Waals surface area contributed by atoms with Crippen LogP contribution in [0, 0.1) is 5.92 Å². The Bertz CT molecular complexity index is 947. The number of fused-ring (bicyclic) bond motifs is 1. The van der Waals surface area contributed by atoms with Crippen LogP contribution in [-0.2, 0) is 9.59 Å². The largest absolute Gasteiger partial charge is 0.347 e. The Labute approximate surface area is 176 Å². The lowest BCUT2D eigenvalue weighted by Gasteiger charge is -2.45. The molecule has 2 aromatic rings. The van der Waals surface area contributed by atoms with Gasteiger partial charge in [-0.1, -0.05) is 48.5 Å². The Morgan fingerprint density at radius 2 is 1.57 bits per heavy atom. The molecular weight excluding hydrogens is 378 g/mol. The summed E-state index contributed by atoms with van der Waals surface area (Å²) in [5.74, 6) is -0.182. The maximum atomic E-state index is 13.1. The highest BCUT2D eigenvalue weighted by Gasteiger charge is 2.57. The van der Waals surface area contributed by atoms with Gasteiger partial charge in [-0.15, -0.1) is 0 Å². The van der Waals surface area contributed by atoms with Crippen LogP contribution in [0.4, 0.5) is 0 Å². The molecule has 2 aliphatic heterocycles. The molecule has 6 heteroatoms. The van der Waals surface area contributed by atoms with Crippen LogP contribution in [-0.4, -0.2) is 52.7 Å². The fourth-order valence-electron chi connectivity index (χ4n) is 5.18. The summed E-state index contributed by atoms with van der Waals surface area (Å²) in [4.78, 5) is 41.6. The first-order chi connectivity index (χ1) is 14.4. The van der Waals surface area contributed by atoms with Gasteiger partial charge in [0.25, 0.3) is 5.91 Å². The Hall–Kier alpha value is -3.15. The van der Waals surface area contributed by atoms with Crippen molar-refractivity contribution in [2.45, 2.75) is 31.8 Å². The van der Waals surface area contributed by atoms with E-state index in [1.807, 2.05) is 70.5 Å². The average Bonchev–Trinajstić information content (AvgIpc) is 3.08. The van der Waals surface area contributed by atoms with Gasteiger partial charge in [0.1, 0.15) is 0 Å². The molecule has 0 aliphatic carbocycles. The van der Waals surface area contributed by atoms with Gasteiger partial charge in [-0.25, -0.2) is 0 Å². The lowest BCUT2D eigenvalue weighted by Crippen LogP contribution is -2.64. The van der Waals surface area contributed by atoms with Gasteiger partial charge < -0.3 is 15.1 Å². The molecule has 3 atom stereocenters. The number of hydrogen-bond acceptors (Lipinski definition) is 3. The number of carbonyl (C=O) groups excluding carboxylic acids is 3. The van der Waals surface area contributed by atoms with E-state index in [0.29, 0.717) is 31.6 Å². The normalized spacial score (nSPS) is 25.5. The van der Waals surface area contributed by atoms with E-state index in [-0.39, 0.29) is 29.7 Å². The Morgan fingerprint density at radius 1 is 0.933 bits per heavy atom. The van der Waals surface area contributed by atoms with Crippen LogP contribution in [0.25, 0.3) is 0 Å². The number of likely N-dealkylation sites (tertiary alicyclic amines) is 2. The van der Waals surface area contributed by atoms with Gasteiger partial charge in [0.05, 0.1) is 11.6 Å². The van der Waals surface area contributed by atoms with Gasteiger partial charge in [0, 0.05) is 45.0 Å². The van der Waals surface area contributed by atoms with Gasteiger partial charge in [0.15, 0.2) is 0 Å². The second kappa shape index (κ2) is 7.94. The summed E-state index contributed by atoms with van der Waals surface area (Å²) < 4.78 is 0. The van der Waals surface area contributed by atoms with Crippen LogP contribution in [0.5, 0.6) is 0 Å². The minimum atomic E-state index is -0.666. The topological polar surface area (TPSA) is 69.7 Å². The summed E-state index contributed by atoms with van der Waals surface area (Å²) in [6.45, 7) is 4.44. The highest BCUT2D eigenvalue weighted by atomic mass is 16.2. The number of piperidine rings is 1. The zero-order chi connectivity index (χ0) is 21.3. The van der Waals surface area contributed by atoms with E-state index in [0.717, 1.165) is 5.56 Å². The van der Waals surface area contributed by atoms with Crippen molar-refractivity contribution in [3.8, 4) is 0 Å². The first kappa shape index (κ1) is 20.1. The van der Waals surface area contributed by atoms with Crippen molar-refractivity contribution in [2.75, 3.05) is 19.6 Å². The molecule has 30 heavy (non-hydrogen) atoms. The van der Waals surface area contributed by atoms with Crippen LogP contribution < -0.4 is 5.32 Å². The second-order valence-electron chi connectivity index (χ2n) is 8.33. The summed E-state index contributed by atoms with van der Waals surface area (Å²) in [5.41, 5.74) is 1.03. The third-order valence-corrected chi connectivity index (χ3v) is 6.34. The van der Waals surface area contributed by atoms with Crippen LogP contribution in [0.3, 0.4) is 0 Å². The van der Waals surface area contributed by atoms with E-state index in [9.17, 15) is 14.4 Å². The third kappa shape index (κ3) is 3.58. The minimum absolute atomic E-state index is 0.0242. The number of rotatable bonds is 3. The molecule has 2 saturated heterocycles. The van der Waals surface area contributed by atoms with Crippen molar-refractivity contribution in [3.05, 3.63) is 71.8 Å². The van der Waals surface area contributed by atoms with Gasteiger partial charge in [0.2, 0.25) is 11.8 Å². The molecule has 1 N–H and O–H groups in total. The SMILES string of the molecule is CC(=O)N[C@@]12CN(C(=O)c3ccccc3)CC[C@@H]1[C@@H](c1ccccc1)N(C(C)=O)C2. The van der Waals surface area contributed by atoms with E-state index in [4.69, 9.17) is 0 Å². The van der Waals surface area contributed by atoms with Crippen LogP contribution in [0.2, 0.25) is 0 Å². The molecule has 3 amide bonds. The lowest BCUT2D eigenvalue weighted by molar-refractivity contribution is -0.130. The molecule has 0 aromatic heterocycles. The quantitative estimate of drug-likeness (QED) is 0.854. The number of hydrogen-bond donors (Lipinski definition) is 1. The molecule has 0 unspecified atom stereocenters. The van der Waals surface area contributed by atoms with Crippen LogP contribution in [0.15, 0.2) is 60.7 Å². The fraction of sp³-hybridized carbons (Fsp3) is 0.375. The molecule has 0 saturated carbocycles. The van der Waals surface area contributed by atoms with E-state index in [2.05, 4.69) is 5.32 Å². The van der Waals surface area contributed by atoms with Crippen molar-refractivity contribution in [2.24, 2.45) is 5.92 Å². The Kier molecular flexibility index (Phi) is 5.33. The average molecular weight is 405 g/mol. The highest BCUT2D eigenvalue weighted by Crippen LogP contribution is 2.47. The number of nitrogens with zero attached hydrogens (tertiary/aromatic N) is 2. The maximum absolute atomic E-state index is 13.1. The van der Waals surface area contributed by atoms with Crippen molar-refractivity contribution in [1.82, 2.24) is 15.1 Å². The molecule has 2 aromatic carbocycles. The number of amides is 3. The van der Waals surface area contributed by atoms with Gasteiger partial charge >= 0.3 is 0 Å².